The maximum atomic E-state index is 11.0. The summed E-state index contributed by atoms with van der Waals surface area (Å²) in [5.74, 6) is 0. The van der Waals surface area contributed by atoms with Crippen molar-refractivity contribution in [3.8, 4) is 0 Å². The molecular formula is C6H14N3O-. The molecule has 0 aromatic rings. The van der Waals surface area contributed by atoms with E-state index in [4.69, 9.17) is 0 Å². The van der Waals surface area contributed by atoms with Crippen LogP contribution in [0, 0.1) is 5.21 Å². The Labute approximate surface area is 61.3 Å². The standard InChI is InChI=1S/C6H14N3O/c1-6(2)8-4-3-7-5-9(8)10/h6-7H,3-5H2,1-2H3/q-1. The third kappa shape index (κ3) is 1.67. The SMILES string of the molecule is CC(C)N1CCNCN1[O-]. The van der Waals surface area contributed by atoms with Crippen molar-refractivity contribution in [3.05, 3.63) is 5.21 Å². The van der Waals surface area contributed by atoms with Crippen molar-refractivity contribution in [3.63, 3.8) is 0 Å². The Morgan fingerprint density at radius 2 is 2.20 bits per heavy atom. The van der Waals surface area contributed by atoms with E-state index in [1.54, 1.807) is 0 Å². The smallest absolute Gasteiger partial charge is 0.0494 e. The van der Waals surface area contributed by atoms with E-state index in [-0.39, 0.29) is 0 Å². The predicted octanol–water partition coefficient (Wildman–Crippen LogP) is -0.0277. The third-order valence-corrected chi connectivity index (χ3v) is 1.65. The Hall–Kier alpha value is -0.160. The molecule has 0 saturated carbocycles. The van der Waals surface area contributed by atoms with Crippen molar-refractivity contribution in [2.24, 2.45) is 0 Å². The fraction of sp³-hybridized carbons (Fsp3) is 1.00. The van der Waals surface area contributed by atoms with Gasteiger partial charge in [0.15, 0.2) is 0 Å². The molecule has 1 saturated heterocycles. The Morgan fingerprint density at radius 3 is 2.60 bits per heavy atom. The van der Waals surface area contributed by atoms with Crippen molar-refractivity contribution in [2.45, 2.75) is 19.9 Å². The molecule has 60 valence electrons. The first kappa shape index (κ1) is 7.94. The lowest BCUT2D eigenvalue weighted by atomic mass is 10.3. The van der Waals surface area contributed by atoms with Gasteiger partial charge in [-0.3, -0.25) is 0 Å². The van der Waals surface area contributed by atoms with E-state index < -0.39 is 0 Å². The number of rotatable bonds is 1. The highest BCUT2D eigenvalue weighted by molar-refractivity contribution is 4.67. The molecule has 1 aliphatic rings. The van der Waals surface area contributed by atoms with E-state index in [0.717, 1.165) is 18.3 Å². The van der Waals surface area contributed by atoms with Crippen LogP contribution in [0.15, 0.2) is 0 Å². The molecule has 1 heterocycles. The Kier molecular flexibility index (Phi) is 2.62. The van der Waals surface area contributed by atoms with Crippen molar-refractivity contribution < 1.29 is 0 Å². The van der Waals surface area contributed by atoms with Gasteiger partial charge in [0.2, 0.25) is 0 Å². The number of hydrogen-bond acceptors (Lipinski definition) is 4. The summed E-state index contributed by atoms with van der Waals surface area (Å²) in [4.78, 5) is 0. The van der Waals surface area contributed by atoms with Gasteiger partial charge in [0.05, 0.1) is 0 Å². The molecule has 4 heteroatoms. The number of hydroxylamine groups is 1. The minimum absolute atomic E-state index is 0.319. The van der Waals surface area contributed by atoms with E-state index in [9.17, 15) is 5.21 Å². The van der Waals surface area contributed by atoms with Crippen LogP contribution in [0.1, 0.15) is 13.8 Å². The van der Waals surface area contributed by atoms with Crippen LogP contribution in [0.2, 0.25) is 0 Å². The molecule has 0 amide bonds. The summed E-state index contributed by atoms with van der Waals surface area (Å²) >= 11 is 0. The summed E-state index contributed by atoms with van der Waals surface area (Å²) in [5, 5.41) is 16.8. The van der Waals surface area contributed by atoms with Crippen LogP contribution >= 0.6 is 0 Å². The average Bonchev–Trinajstić information content (AvgIpc) is 1.88. The van der Waals surface area contributed by atoms with Crippen LogP contribution in [0.3, 0.4) is 0 Å². The van der Waals surface area contributed by atoms with Gasteiger partial charge in [-0.2, -0.15) is 0 Å². The maximum Gasteiger partial charge on any atom is 0.0494 e. The molecule has 0 aromatic carbocycles. The van der Waals surface area contributed by atoms with Gasteiger partial charge in [-0.05, 0) is 13.8 Å². The topological polar surface area (TPSA) is 41.6 Å². The highest BCUT2D eigenvalue weighted by Crippen LogP contribution is 2.03. The van der Waals surface area contributed by atoms with Gasteiger partial charge in [-0.25, -0.2) is 5.01 Å². The summed E-state index contributed by atoms with van der Waals surface area (Å²) in [7, 11) is 0. The molecule has 1 rings (SSSR count). The van der Waals surface area contributed by atoms with Gasteiger partial charge in [0.25, 0.3) is 0 Å². The highest BCUT2D eigenvalue weighted by atomic mass is 16.6. The van der Waals surface area contributed by atoms with Gasteiger partial charge < -0.3 is 15.7 Å². The van der Waals surface area contributed by atoms with Crippen molar-refractivity contribution in [1.82, 2.24) is 15.5 Å². The largest absolute Gasteiger partial charge is 0.770 e. The normalized spacial score (nSPS) is 24.0. The number of nitrogens with one attached hydrogen (secondary N) is 1. The van der Waals surface area contributed by atoms with E-state index in [0.29, 0.717) is 12.7 Å². The minimum Gasteiger partial charge on any atom is -0.770 e. The third-order valence-electron chi connectivity index (χ3n) is 1.65. The number of nitrogens with zero attached hydrogens (tertiary/aromatic N) is 2. The van der Waals surface area contributed by atoms with Crippen molar-refractivity contribution in [1.29, 1.82) is 0 Å². The van der Waals surface area contributed by atoms with Crippen LogP contribution in [0.4, 0.5) is 0 Å². The van der Waals surface area contributed by atoms with Crippen LogP contribution in [0.25, 0.3) is 0 Å². The van der Waals surface area contributed by atoms with Crippen LogP contribution in [-0.2, 0) is 0 Å². The summed E-state index contributed by atoms with van der Waals surface area (Å²) in [6, 6.07) is 0.319. The average molecular weight is 144 g/mol. The zero-order valence-corrected chi connectivity index (χ0v) is 6.50. The predicted molar refractivity (Wildman–Crippen MR) is 39.9 cm³/mol. The maximum absolute atomic E-state index is 11.0. The minimum atomic E-state index is 0.319. The molecule has 0 aromatic heterocycles. The zero-order chi connectivity index (χ0) is 7.56. The summed E-state index contributed by atoms with van der Waals surface area (Å²) < 4.78 is 0. The van der Waals surface area contributed by atoms with Gasteiger partial charge in [-0.15, -0.1) is 0 Å². The second kappa shape index (κ2) is 3.30. The first-order valence-corrected chi connectivity index (χ1v) is 3.64. The Morgan fingerprint density at radius 1 is 1.50 bits per heavy atom. The lowest BCUT2D eigenvalue weighted by Gasteiger charge is -2.46. The highest BCUT2D eigenvalue weighted by Gasteiger charge is 2.13. The molecule has 1 N–H and O–H groups in total. The number of hydrogen-bond donors (Lipinski definition) is 1. The molecule has 10 heavy (non-hydrogen) atoms. The molecule has 1 aliphatic heterocycles. The molecular weight excluding hydrogens is 130 g/mol. The second-order valence-corrected chi connectivity index (χ2v) is 2.77. The lowest BCUT2D eigenvalue weighted by molar-refractivity contribution is -0.0367. The first-order chi connectivity index (χ1) is 4.72. The quantitative estimate of drug-likeness (QED) is 0.561. The molecule has 4 nitrogen and oxygen atoms in total. The summed E-state index contributed by atoms with van der Waals surface area (Å²) in [5.41, 5.74) is 0. The summed E-state index contributed by atoms with van der Waals surface area (Å²) in [6.45, 7) is 6.21. The zero-order valence-electron chi connectivity index (χ0n) is 6.50. The molecule has 0 bridgehead atoms. The molecule has 0 atom stereocenters. The number of hydrazine groups is 1. The van der Waals surface area contributed by atoms with E-state index in [1.165, 1.54) is 0 Å². The molecule has 0 unspecified atom stereocenters. The van der Waals surface area contributed by atoms with Gasteiger partial charge in [0.1, 0.15) is 0 Å². The Balaban J connectivity index is 2.40. The fourth-order valence-corrected chi connectivity index (χ4v) is 1.09. The Bertz CT molecular complexity index is 107. The van der Waals surface area contributed by atoms with E-state index in [1.807, 2.05) is 18.9 Å². The van der Waals surface area contributed by atoms with Crippen molar-refractivity contribution >= 4 is 0 Å². The van der Waals surface area contributed by atoms with E-state index >= 15 is 0 Å². The lowest BCUT2D eigenvalue weighted by Crippen LogP contribution is -2.54. The van der Waals surface area contributed by atoms with Crippen LogP contribution in [-0.4, -0.2) is 36.0 Å². The monoisotopic (exact) mass is 144 g/mol. The second-order valence-electron chi connectivity index (χ2n) is 2.77. The van der Waals surface area contributed by atoms with Gasteiger partial charge >= 0.3 is 0 Å². The van der Waals surface area contributed by atoms with Crippen LogP contribution < -0.4 is 5.32 Å². The fourth-order valence-electron chi connectivity index (χ4n) is 1.09. The molecule has 0 radical (unpaired) electrons. The van der Waals surface area contributed by atoms with E-state index in [2.05, 4.69) is 5.32 Å². The summed E-state index contributed by atoms with van der Waals surface area (Å²) in [6.07, 6.45) is 0. The van der Waals surface area contributed by atoms with Crippen molar-refractivity contribution in [2.75, 3.05) is 19.8 Å². The van der Waals surface area contributed by atoms with Gasteiger partial charge in [0, 0.05) is 25.8 Å². The van der Waals surface area contributed by atoms with Gasteiger partial charge in [-0.1, -0.05) is 0 Å². The molecule has 1 fully saturated rings. The first-order valence-electron chi connectivity index (χ1n) is 3.64. The molecule has 0 aliphatic carbocycles. The van der Waals surface area contributed by atoms with Crippen LogP contribution in [0.5, 0.6) is 0 Å². The molecule has 0 spiro atoms.